The molecule has 8 nitrogen and oxygen atoms in total. The molecule has 1 aliphatic rings. The van der Waals surface area contributed by atoms with Crippen LogP contribution in [0, 0.1) is 0 Å². The van der Waals surface area contributed by atoms with Gasteiger partial charge in [-0.3, -0.25) is 0 Å². The molecule has 68 heavy (non-hydrogen) atoms. The first-order valence-corrected chi connectivity index (χ1v) is 30.2. The smallest absolute Gasteiger partial charge is 0.193 e. The molecule has 6 aromatic rings. The summed E-state index contributed by atoms with van der Waals surface area (Å²) in [5.41, 5.74) is 2.41. The number of hydrogen-bond donors (Lipinski definition) is 2. The van der Waals surface area contributed by atoms with Gasteiger partial charge in [0.15, 0.2) is 34.2 Å². The molecule has 0 spiro atoms. The Morgan fingerprint density at radius 3 is 1.56 bits per heavy atom. The van der Waals surface area contributed by atoms with Crippen LogP contribution in [0.4, 0.5) is 0 Å². The standard InChI is InChI=1S/C57H69BrO8Si2/c1-54(2,3)67(7,8)64-34-33-63-56(37-41-23-15-11-16-24-41)50-48(61-39-43-27-19-13-20-28-43)36-49(62-40-44-29-21-14-22-30-44)51(58)52(50)65-53(45-31-32-46(59)47(60)35-45)57(56,38-42-25-17-12-18-26-42)66-68(9,10)55(4,5)6/h11-32,35-36,53,59-60H,33-34,37-40H2,1-10H3/t53-,56+,57+/m1/s1. The molecule has 0 aromatic heterocycles. The first kappa shape index (κ1) is 51.0. The summed E-state index contributed by atoms with van der Waals surface area (Å²) in [6.45, 7) is 23.5. The Labute approximate surface area is 415 Å². The molecule has 3 atom stereocenters. The molecule has 0 fully saturated rings. The van der Waals surface area contributed by atoms with Crippen molar-refractivity contribution >= 4 is 32.6 Å². The number of fused-ring (bicyclic) bond motifs is 1. The fourth-order valence-electron chi connectivity index (χ4n) is 8.46. The molecule has 7 rings (SSSR count). The lowest BCUT2D eigenvalue weighted by molar-refractivity contribution is -0.236. The van der Waals surface area contributed by atoms with E-state index in [-0.39, 0.29) is 41.4 Å². The first-order valence-electron chi connectivity index (χ1n) is 23.6. The third-order valence-electron chi connectivity index (χ3n) is 14.2. The van der Waals surface area contributed by atoms with Crippen LogP contribution in [0.1, 0.15) is 81.0 Å². The lowest BCUT2D eigenvalue weighted by Crippen LogP contribution is -2.68. The van der Waals surface area contributed by atoms with Crippen LogP contribution in [0.2, 0.25) is 36.3 Å². The molecule has 6 aromatic carbocycles. The summed E-state index contributed by atoms with van der Waals surface area (Å²) >= 11 is 4.06. The van der Waals surface area contributed by atoms with Crippen molar-refractivity contribution in [1.29, 1.82) is 0 Å². The minimum Gasteiger partial charge on any atom is -0.504 e. The number of phenolic OH excluding ortho intramolecular Hbond substituents is 2. The van der Waals surface area contributed by atoms with Gasteiger partial charge in [-0.05, 0) is 92.1 Å². The molecular formula is C57H69BrO8Si2. The van der Waals surface area contributed by atoms with Crippen LogP contribution in [-0.2, 0) is 45.2 Å². The number of halogens is 1. The number of phenols is 2. The highest BCUT2D eigenvalue weighted by Gasteiger charge is 2.68. The van der Waals surface area contributed by atoms with Gasteiger partial charge in [0.25, 0.3) is 0 Å². The van der Waals surface area contributed by atoms with Crippen LogP contribution < -0.4 is 14.2 Å². The number of benzene rings is 6. The van der Waals surface area contributed by atoms with E-state index in [1.807, 2.05) is 97.1 Å². The molecule has 0 saturated heterocycles. The highest BCUT2D eigenvalue weighted by atomic mass is 79.9. The molecule has 1 heterocycles. The Balaban J connectivity index is 1.62. The summed E-state index contributed by atoms with van der Waals surface area (Å²) in [5, 5.41) is 21.9. The summed E-state index contributed by atoms with van der Waals surface area (Å²) in [7, 11) is -5.13. The van der Waals surface area contributed by atoms with E-state index in [0.29, 0.717) is 52.3 Å². The molecule has 0 amide bonds. The van der Waals surface area contributed by atoms with Crippen molar-refractivity contribution in [2.75, 3.05) is 13.2 Å². The fraction of sp³-hybridized carbons (Fsp3) is 0.368. The van der Waals surface area contributed by atoms with Crippen molar-refractivity contribution in [3.05, 3.63) is 183 Å². The predicted molar refractivity (Wildman–Crippen MR) is 281 cm³/mol. The predicted octanol–water partition coefficient (Wildman–Crippen LogP) is 14.6. The number of aromatic hydroxyl groups is 2. The van der Waals surface area contributed by atoms with E-state index >= 15 is 0 Å². The second-order valence-electron chi connectivity index (χ2n) is 21.0. The van der Waals surface area contributed by atoms with E-state index in [2.05, 4.69) is 120 Å². The lowest BCUT2D eigenvalue weighted by Gasteiger charge is -2.60. The molecule has 0 unspecified atom stereocenters. The van der Waals surface area contributed by atoms with Crippen molar-refractivity contribution in [3.63, 3.8) is 0 Å². The van der Waals surface area contributed by atoms with Gasteiger partial charge in [-0.15, -0.1) is 0 Å². The van der Waals surface area contributed by atoms with Gasteiger partial charge in [0.2, 0.25) is 0 Å². The van der Waals surface area contributed by atoms with Gasteiger partial charge in [0.05, 0.1) is 18.8 Å². The lowest BCUT2D eigenvalue weighted by atomic mass is 9.64. The molecule has 0 bridgehead atoms. The largest absolute Gasteiger partial charge is 0.504 e. The van der Waals surface area contributed by atoms with Crippen LogP contribution in [0.3, 0.4) is 0 Å². The van der Waals surface area contributed by atoms with Crippen molar-refractivity contribution in [3.8, 4) is 28.7 Å². The molecule has 11 heteroatoms. The van der Waals surface area contributed by atoms with E-state index in [0.717, 1.165) is 22.3 Å². The van der Waals surface area contributed by atoms with Gasteiger partial charge < -0.3 is 38.0 Å². The minimum absolute atomic E-state index is 0.0338. The summed E-state index contributed by atoms with van der Waals surface area (Å²) < 4.78 is 45.3. The van der Waals surface area contributed by atoms with Crippen molar-refractivity contribution in [2.45, 2.75) is 121 Å². The Hall–Kier alpha value is -4.89. The van der Waals surface area contributed by atoms with Gasteiger partial charge >= 0.3 is 0 Å². The van der Waals surface area contributed by atoms with Crippen molar-refractivity contribution < 1.29 is 38.0 Å². The number of rotatable bonds is 18. The first-order chi connectivity index (χ1) is 32.2. The highest BCUT2D eigenvalue weighted by molar-refractivity contribution is 9.10. The summed E-state index contributed by atoms with van der Waals surface area (Å²) in [5.74, 6) is 0.965. The van der Waals surface area contributed by atoms with Gasteiger partial charge in [-0.25, -0.2) is 0 Å². The second-order valence-corrected chi connectivity index (χ2v) is 31.4. The number of hydrogen-bond acceptors (Lipinski definition) is 8. The molecular weight excluding hydrogens is 949 g/mol. The zero-order chi connectivity index (χ0) is 49.0. The molecule has 0 radical (unpaired) electrons. The SMILES string of the molecule is CC(C)(C)[Si](C)(C)OCCO[C@@]1(Cc2ccccc2)c2c(OCc3ccccc3)cc(OCc3ccccc3)c(Br)c2O[C@H](c2ccc(O)c(O)c2)[C@]1(Cc1ccccc1)O[Si](C)(C)C(C)(C)C. The molecule has 360 valence electrons. The Kier molecular flexibility index (Phi) is 15.4. The maximum Gasteiger partial charge on any atom is 0.193 e. The van der Waals surface area contributed by atoms with E-state index < -0.39 is 33.9 Å². The maximum absolute atomic E-state index is 11.4. The van der Waals surface area contributed by atoms with E-state index in [1.165, 1.54) is 6.07 Å². The highest BCUT2D eigenvalue weighted by Crippen LogP contribution is 2.64. The van der Waals surface area contributed by atoms with Gasteiger partial charge in [-0.1, -0.05) is 169 Å². The summed E-state index contributed by atoms with van der Waals surface area (Å²) in [6, 6.07) is 47.7. The Morgan fingerprint density at radius 2 is 1.06 bits per heavy atom. The third-order valence-corrected chi connectivity index (χ3v) is 24.0. The minimum atomic E-state index is -2.88. The average Bonchev–Trinajstić information content (AvgIpc) is 3.29. The van der Waals surface area contributed by atoms with Crippen LogP contribution in [0.25, 0.3) is 0 Å². The van der Waals surface area contributed by atoms with Crippen molar-refractivity contribution in [2.24, 2.45) is 0 Å². The monoisotopic (exact) mass is 1020 g/mol. The Bertz CT molecular complexity index is 2600. The second kappa shape index (κ2) is 20.6. The van der Waals surface area contributed by atoms with Crippen LogP contribution in [-0.4, -0.2) is 45.7 Å². The fourth-order valence-corrected chi connectivity index (χ4v) is 11.6. The zero-order valence-corrected chi connectivity index (χ0v) is 45.0. The molecule has 2 N–H and O–H groups in total. The molecule has 1 aliphatic heterocycles. The van der Waals surface area contributed by atoms with Crippen LogP contribution in [0.15, 0.2) is 150 Å². The average molecular weight is 1020 g/mol. The summed E-state index contributed by atoms with van der Waals surface area (Å²) in [6.07, 6.45) is -0.308. The van der Waals surface area contributed by atoms with Crippen LogP contribution >= 0.6 is 15.9 Å². The molecule has 0 saturated carbocycles. The van der Waals surface area contributed by atoms with E-state index in [9.17, 15) is 10.2 Å². The zero-order valence-electron chi connectivity index (χ0n) is 41.4. The van der Waals surface area contributed by atoms with Crippen molar-refractivity contribution in [1.82, 2.24) is 0 Å². The van der Waals surface area contributed by atoms with E-state index in [1.54, 1.807) is 6.07 Å². The maximum atomic E-state index is 11.4. The normalized spacial score (nSPS) is 18.7. The molecule has 0 aliphatic carbocycles. The van der Waals surface area contributed by atoms with Gasteiger partial charge in [0.1, 0.15) is 46.1 Å². The van der Waals surface area contributed by atoms with Gasteiger partial charge in [-0.2, -0.15) is 0 Å². The number of ether oxygens (including phenoxy) is 4. The van der Waals surface area contributed by atoms with E-state index in [4.69, 9.17) is 27.8 Å². The quantitative estimate of drug-likeness (QED) is 0.0499. The van der Waals surface area contributed by atoms with Crippen LogP contribution in [0.5, 0.6) is 28.7 Å². The summed E-state index contributed by atoms with van der Waals surface area (Å²) in [4.78, 5) is 0. The Morgan fingerprint density at radius 1 is 0.574 bits per heavy atom. The van der Waals surface area contributed by atoms with Gasteiger partial charge in [0, 0.05) is 18.9 Å². The third kappa shape index (κ3) is 10.9. The topological polar surface area (TPSA) is 95.8 Å².